The smallest absolute Gasteiger partial charge is 0.0167 e. The van der Waals surface area contributed by atoms with Crippen molar-refractivity contribution in [2.24, 2.45) is 11.8 Å². The Labute approximate surface area is 56.3 Å². The van der Waals surface area contributed by atoms with E-state index in [0.29, 0.717) is 0 Å². The number of hydrogen-bond acceptors (Lipinski definition) is 0. The van der Waals surface area contributed by atoms with Gasteiger partial charge in [-0.15, -0.1) is 0 Å². The zero-order chi connectivity index (χ0) is 6.10. The van der Waals surface area contributed by atoms with Crippen LogP contribution in [0.25, 0.3) is 0 Å². The molecule has 0 aromatic carbocycles. The Bertz CT molecular complexity index is 135. The van der Waals surface area contributed by atoms with Gasteiger partial charge in [-0.25, -0.2) is 0 Å². The fourth-order valence-corrected chi connectivity index (χ4v) is 1.91. The van der Waals surface area contributed by atoms with Crippen LogP contribution in [0, 0.1) is 11.8 Å². The highest BCUT2D eigenvalue weighted by Crippen LogP contribution is 2.35. The second-order valence-electron chi connectivity index (χ2n) is 3.03. The predicted octanol–water partition coefficient (Wildman–Crippen LogP) is 2.53. The van der Waals surface area contributed by atoms with Gasteiger partial charge >= 0.3 is 0 Å². The van der Waals surface area contributed by atoms with Crippen LogP contribution in [0.3, 0.4) is 0 Å². The van der Waals surface area contributed by atoms with Gasteiger partial charge in [-0.3, -0.25) is 0 Å². The second-order valence-corrected chi connectivity index (χ2v) is 3.03. The van der Waals surface area contributed by atoms with E-state index < -0.39 is 0 Å². The number of allylic oxidation sites excluding steroid dienone is 4. The first-order valence-electron chi connectivity index (χ1n) is 3.82. The summed E-state index contributed by atoms with van der Waals surface area (Å²) in [5.74, 6) is 1.80. The molecule has 0 amide bonds. The van der Waals surface area contributed by atoms with Gasteiger partial charge in [0.2, 0.25) is 0 Å². The molecule has 0 heterocycles. The van der Waals surface area contributed by atoms with Crippen LogP contribution < -0.4 is 0 Å². The largest absolute Gasteiger partial charge is 0.0808 e. The molecule has 0 saturated heterocycles. The lowest BCUT2D eigenvalue weighted by Gasteiger charge is -2.13. The van der Waals surface area contributed by atoms with E-state index in [9.17, 15) is 0 Å². The Balaban J connectivity index is 2.18. The van der Waals surface area contributed by atoms with Crippen molar-refractivity contribution in [1.82, 2.24) is 0 Å². The predicted molar refractivity (Wildman–Crippen MR) is 39.1 cm³/mol. The highest BCUT2D eigenvalue weighted by Gasteiger charge is 2.23. The molecule has 0 aromatic heterocycles. The molecule has 0 heteroatoms. The summed E-state index contributed by atoms with van der Waals surface area (Å²) in [5, 5.41) is 0. The quantitative estimate of drug-likeness (QED) is 0.461. The first-order chi connectivity index (χ1) is 4.47. The average molecular weight is 120 g/mol. The average Bonchev–Trinajstić information content (AvgIpc) is 2.33. The molecule has 1 saturated carbocycles. The number of fused-ring (bicyclic) bond motifs is 1. The second kappa shape index (κ2) is 2.02. The van der Waals surface area contributed by atoms with E-state index in [0.717, 1.165) is 11.8 Å². The first kappa shape index (κ1) is 5.28. The van der Waals surface area contributed by atoms with Crippen molar-refractivity contribution in [3.63, 3.8) is 0 Å². The van der Waals surface area contributed by atoms with Gasteiger partial charge < -0.3 is 0 Å². The molecule has 2 rings (SSSR count). The summed E-state index contributed by atoms with van der Waals surface area (Å²) in [6, 6.07) is 0. The molecule has 9 heavy (non-hydrogen) atoms. The molecule has 48 valence electrons. The van der Waals surface area contributed by atoms with Crippen LogP contribution in [0.2, 0.25) is 0 Å². The molecular formula is C9H12. The third kappa shape index (κ3) is 0.827. The van der Waals surface area contributed by atoms with Gasteiger partial charge in [-0.2, -0.15) is 0 Å². The third-order valence-electron chi connectivity index (χ3n) is 2.45. The summed E-state index contributed by atoms with van der Waals surface area (Å²) < 4.78 is 0. The Hall–Kier alpha value is -0.520. The molecule has 0 N–H and O–H groups in total. The van der Waals surface area contributed by atoms with Crippen molar-refractivity contribution in [1.29, 1.82) is 0 Å². The normalized spacial score (nSPS) is 39.1. The standard InChI is InChI=1S/C9H12/c1-2-5-9-7-3-6-8(9)4-1/h1-2,4-5,8-9H,3,6-7H2/t8-,9-/m0/s1. The van der Waals surface area contributed by atoms with E-state index >= 15 is 0 Å². The minimum atomic E-state index is 0.898. The van der Waals surface area contributed by atoms with Gasteiger partial charge in [0.1, 0.15) is 0 Å². The zero-order valence-electron chi connectivity index (χ0n) is 5.59. The lowest BCUT2D eigenvalue weighted by molar-refractivity contribution is 0.552. The highest BCUT2D eigenvalue weighted by atomic mass is 14.3. The Morgan fingerprint density at radius 1 is 0.889 bits per heavy atom. The Kier molecular flexibility index (Phi) is 1.18. The van der Waals surface area contributed by atoms with Gasteiger partial charge in [0, 0.05) is 0 Å². The van der Waals surface area contributed by atoms with Crippen LogP contribution in [0.15, 0.2) is 24.3 Å². The van der Waals surface area contributed by atoms with Crippen LogP contribution in [0.5, 0.6) is 0 Å². The molecule has 2 aliphatic carbocycles. The summed E-state index contributed by atoms with van der Waals surface area (Å²) in [4.78, 5) is 0. The maximum Gasteiger partial charge on any atom is -0.0167 e. The molecule has 2 aliphatic rings. The van der Waals surface area contributed by atoms with Crippen LogP contribution in [0.1, 0.15) is 19.3 Å². The summed E-state index contributed by atoms with van der Waals surface area (Å²) in [7, 11) is 0. The summed E-state index contributed by atoms with van der Waals surface area (Å²) in [6.07, 6.45) is 13.4. The van der Waals surface area contributed by atoms with E-state index in [1.165, 1.54) is 19.3 Å². The SMILES string of the molecule is C1=C[C@H]2CCC[C@@H]2C=C1. The van der Waals surface area contributed by atoms with E-state index in [4.69, 9.17) is 0 Å². The van der Waals surface area contributed by atoms with E-state index in [1.807, 2.05) is 0 Å². The van der Waals surface area contributed by atoms with Crippen molar-refractivity contribution in [2.45, 2.75) is 19.3 Å². The minimum Gasteiger partial charge on any atom is -0.0808 e. The molecule has 0 spiro atoms. The fraction of sp³-hybridized carbons (Fsp3) is 0.556. The fourth-order valence-electron chi connectivity index (χ4n) is 1.91. The lowest BCUT2D eigenvalue weighted by Crippen LogP contribution is -2.03. The van der Waals surface area contributed by atoms with Gasteiger partial charge in [-0.1, -0.05) is 30.7 Å². The number of hydrogen-bond donors (Lipinski definition) is 0. The van der Waals surface area contributed by atoms with Gasteiger partial charge in [-0.05, 0) is 24.7 Å². The first-order valence-corrected chi connectivity index (χ1v) is 3.82. The summed E-state index contributed by atoms with van der Waals surface area (Å²) in [5.41, 5.74) is 0. The minimum absolute atomic E-state index is 0.898. The van der Waals surface area contributed by atoms with Crippen LogP contribution in [-0.2, 0) is 0 Å². The molecule has 0 nitrogen and oxygen atoms in total. The van der Waals surface area contributed by atoms with Crippen LogP contribution in [-0.4, -0.2) is 0 Å². The summed E-state index contributed by atoms with van der Waals surface area (Å²) in [6.45, 7) is 0. The zero-order valence-corrected chi connectivity index (χ0v) is 5.59. The molecule has 0 radical (unpaired) electrons. The van der Waals surface area contributed by atoms with Crippen LogP contribution in [0.4, 0.5) is 0 Å². The Morgan fingerprint density at radius 2 is 1.44 bits per heavy atom. The Morgan fingerprint density at radius 3 is 2.00 bits per heavy atom. The van der Waals surface area contributed by atoms with E-state index in [2.05, 4.69) is 24.3 Å². The lowest BCUT2D eigenvalue weighted by atomic mass is 9.92. The maximum atomic E-state index is 2.36. The third-order valence-corrected chi connectivity index (χ3v) is 2.45. The van der Waals surface area contributed by atoms with Gasteiger partial charge in [0.25, 0.3) is 0 Å². The van der Waals surface area contributed by atoms with Crippen LogP contribution >= 0.6 is 0 Å². The molecule has 1 fully saturated rings. The maximum absolute atomic E-state index is 2.36. The van der Waals surface area contributed by atoms with Crippen molar-refractivity contribution in [3.05, 3.63) is 24.3 Å². The highest BCUT2D eigenvalue weighted by molar-refractivity contribution is 5.15. The van der Waals surface area contributed by atoms with Gasteiger partial charge in [0.15, 0.2) is 0 Å². The molecule has 2 atom stereocenters. The molecule has 0 bridgehead atoms. The summed E-state index contributed by atoms with van der Waals surface area (Å²) >= 11 is 0. The number of rotatable bonds is 0. The molecule has 0 unspecified atom stereocenters. The molecular weight excluding hydrogens is 108 g/mol. The van der Waals surface area contributed by atoms with Crippen molar-refractivity contribution in [2.75, 3.05) is 0 Å². The van der Waals surface area contributed by atoms with Crippen molar-refractivity contribution in [3.8, 4) is 0 Å². The van der Waals surface area contributed by atoms with Gasteiger partial charge in [0.05, 0.1) is 0 Å². The van der Waals surface area contributed by atoms with Crippen molar-refractivity contribution >= 4 is 0 Å². The molecule has 0 aromatic rings. The topological polar surface area (TPSA) is 0 Å². The van der Waals surface area contributed by atoms with Crippen molar-refractivity contribution < 1.29 is 0 Å². The molecule has 0 aliphatic heterocycles. The van der Waals surface area contributed by atoms with E-state index in [1.54, 1.807) is 0 Å². The van der Waals surface area contributed by atoms with E-state index in [-0.39, 0.29) is 0 Å². The monoisotopic (exact) mass is 120 g/mol.